The number of aryl methyl sites for hydroxylation is 2. The summed E-state index contributed by atoms with van der Waals surface area (Å²) >= 11 is 7.82. The molecule has 0 saturated carbocycles. The highest BCUT2D eigenvalue weighted by atomic mass is 35.5. The largest absolute Gasteiger partial charge is 0.465 e. The van der Waals surface area contributed by atoms with Crippen molar-refractivity contribution in [2.24, 2.45) is 4.99 Å². The fourth-order valence-electron chi connectivity index (χ4n) is 4.20. The molecule has 1 aliphatic rings. The summed E-state index contributed by atoms with van der Waals surface area (Å²) in [5.74, 6) is 1.18. The number of halogens is 1. The van der Waals surface area contributed by atoms with Crippen molar-refractivity contribution in [1.82, 2.24) is 25.4 Å². The number of amides is 2. The van der Waals surface area contributed by atoms with E-state index in [4.69, 9.17) is 31.2 Å². The molecule has 1 aromatic carbocycles. The van der Waals surface area contributed by atoms with Gasteiger partial charge in [0.2, 0.25) is 5.91 Å². The quantitative estimate of drug-likeness (QED) is 0.281. The zero-order valence-electron chi connectivity index (χ0n) is 22.0. The van der Waals surface area contributed by atoms with Gasteiger partial charge in [-0.1, -0.05) is 23.7 Å². The Morgan fingerprint density at radius 3 is 2.36 bits per heavy atom. The summed E-state index contributed by atoms with van der Waals surface area (Å²) in [6, 6.07) is 7.02. The second kappa shape index (κ2) is 13.2. The number of ether oxygens (including phenoxy) is 2. The van der Waals surface area contributed by atoms with E-state index in [1.165, 1.54) is 4.88 Å². The zero-order valence-corrected chi connectivity index (χ0v) is 23.6. The van der Waals surface area contributed by atoms with Crippen LogP contribution in [0.5, 0.6) is 0 Å². The number of nitrogens with zero attached hydrogens (tertiary/aromatic N) is 4. The van der Waals surface area contributed by atoms with Crippen LogP contribution in [-0.2, 0) is 14.3 Å². The number of benzene rings is 1. The second-order valence-corrected chi connectivity index (χ2v) is 10.6. The summed E-state index contributed by atoms with van der Waals surface area (Å²) in [6.45, 7) is 7.87. The van der Waals surface area contributed by atoms with Crippen LogP contribution in [0.2, 0.25) is 5.02 Å². The van der Waals surface area contributed by atoms with Gasteiger partial charge < -0.3 is 25.2 Å². The Hall–Kier alpha value is -3.32. The van der Waals surface area contributed by atoms with Crippen LogP contribution in [0.3, 0.4) is 0 Å². The number of aromatic nitrogens is 3. The molecule has 0 fully saturated rings. The fraction of sp³-hybridized carbons (Fsp3) is 0.423. The van der Waals surface area contributed by atoms with Gasteiger partial charge >= 0.3 is 6.09 Å². The van der Waals surface area contributed by atoms with E-state index >= 15 is 0 Å². The topological polar surface area (TPSA) is 140 Å². The van der Waals surface area contributed by atoms with Gasteiger partial charge in [0.1, 0.15) is 16.9 Å². The maximum atomic E-state index is 12.9. The predicted octanol–water partition coefficient (Wildman–Crippen LogP) is 3.61. The lowest BCUT2D eigenvalue weighted by molar-refractivity contribution is -0.121. The summed E-state index contributed by atoms with van der Waals surface area (Å²) < 4.78 is 12.8. The van der Waals surface area contributed by atoms with Gasteiger partial charge in [-0.25, -0.2) is 4.79 Å². The fourth-order valence-corrected chi connectivity index (χ4v) is 5.53. The lowest BCUT2D eigenvalue weighted by Crippen LogP contribution is -2.29. The standard InChI is InChI=1S/C26H31ClN6O5S/c1-15-16(2)39-25-22(15)23(18-4-6-19(27)7-5-18)30-20(24-32-31-17(3)33(24)25)14-21(34)28-8-10-37-12-13-38-11-9-29-26(35)36/h4-7,20,29H,8-14H2,1-3H3,(H,28,34)(H,35,36)/t20-/m0/s1. The molecule has 0 aliphatic carbocycles. The Morgan fingerprint density at radius 2 is 1.69 bits per heavy atom. The van der Waals surface area contributed by atoms with Crippen LogP contribution < -0.4 is 10.6 Å². The van der Waals surface area contributed by atoms with Crippen LogP contribution in [0.15, 0.2) is 29.3 Å². The minimum atomic E-state index is -1.09. The third kappa shape index (κ3) is 7.01. The molecule has 3 heterocycles. The number of thiophene rings is 1. The molecule has 0 saturated heterocycles. The highest BCUT2D eigenvalue weighted by Gasteiger charge is 2.32. The van der Waals surface area contributed by atoms with Gasteiger partial charge in [0, 0.05) is 34.1 Å². The number of aliphatic imine (C=N–C) groups is 1. The summed E-state index contributed by atoms with van der Waals surface area (Å²) in [6.07, 6.45) is -0.986. The van der Waals surface area contributed by atoms with Gasteiger partial charge in [-0.2, -0.15) is 0 Å². The zero-order chi connectivity index (χ0) is 27.9. The van der Waals surface area contributed by atoms with Crippen molar-refractivity contribution in [2.45, 2.75) is 33.2 Å². The molecule has 3 N–H and O–H groups in total. The van der Waals surface area contributed by atoms with Crippen LogP contribution in [0.4, 0.5) is 4.79 Å². The van der Waals surface area contributed by atoms with Crippen molar-refractivity contribution >= 4 is 40.6 Å². The number of carbonyl (C=O) groups excluding carboxylic acids is 1. The molecule has 4 rings (SSSR count). The monoisotopic (exact) mass is 574 g/mol. The molecule has 0 unspecified atom stereocenters. The van der Waals surface area contributed by atoms with Crippen molar-refractivity contribution in [2.75, 3.05) is 39.5 Å². The van der Waals surface area contributed by atoms with Crippen LogP contribution in [0.1, 0.15) is 45.7 Å². The Kier molecular flexibility index (Phi) is 9.68. The van der Waals surface area contributed by atoms with Crippen molar-refractivity contribution in [3.8, 4) is 5.00 Å². The van der Waals surface area contributed by atoms with E-state index < -0.39 is 12.1 Å². The Morgan fingerprint density at radius 1 is 1.03 bits per heavy atom. The maximum absolute atomic E-state index is 12.9. The molecule has 1 atom stereocenters. The number of hydrogen-bond acceptors (Lipinski definition) is 8. The third-order valence-corrected chi connectivity index (χ3v) is 7.64. The number of rotatable bonds is 12. The number of carbonyl (C=O) groups is 2. The molecule has 0 bridgehead atoms. The number of fused-ring (bicyclic) bond motifs is 3. The minimum absolute atomic E-state index is 0.0991. The highest BCUT2D eigenvalue weighted by Crippen LogP contribution is 2.39. The van der Waals surface area contributed by atoms with Crippen LogP contribution in [-0.4, -0.2) is 77.1 Å². The third-order valence-electron chi connectivity index (χ3n) is 6.20. The first kappa shape index (κ1) is 28.7. The van der Waals surface area contributed by atoms with E-state index in [2.05, 4.69) is 34.7 Å². The lowest BCUT2D eigenvalue weighted by Gasteiger charge is -2.13. The molecule has 13 heteroatoms. The predicted molar refractivity (Wildman–Crippen MR) is 149 cm³/mol. The first-order valence-corrected chi connectivity index (χ1v) is 13.7. The minimum Gasteiger partial charge on any atom is -0.465 e. The summed E-state index contributed by atoms with van der Waals surface area (Å²) in [4.78, 5) is 29.6. The first-order valence-electron chi connectivity index (χ1n) is 12.5. The molecule has 1 aliphatic heterocycles. The SMILES string of the molecule is Cc1sc2c(c1C)C(c1ccc(Cl)cc1)=N[C@@H](CC(=O)NCCOCCOCCNC(=O)O)c1nnc(C)n1-2. The van der Waals surface area contributed by atoms with E-state index in [-0.39, 0.29) is 25.5 Å². The molecule has 3 aromatic rings. The van der Waals surface area contributed by atoms with Crippen molar-refractivity contribution in [3.05, 3.63) is 62.5 Å². The van der Waals surface area contributed by atoms with E-state index in [0.29, 0.717) is 37.2 Å². The number of carboxylic acid groups (broad SMARTS) is 1. The van der Waals surface area contributed by atoms with Crippen LogP contribution in [0, 0.1) is 20.8 Å². The molecule has 208 valence electrons. The smallest absolute Gasteiger partial charge is 0.404 e. The van der Waals surface area contributed by atoms with E-state index in [9.17, 15) is 9.59 Å². The molecule has 2 aromatic heterocycles. The average Bonchev–Trinajstić information content (AvgIpc) is 3.37. The van der Waals surface area contributed by atoms with Gasteiger partial charge in [0.15, 0.2) is 5.82 Å². The Labute approximate surface area is 235 Å². The van der Waals surface area contributed by atoms with Crippen molar-refractivity contribution in [1.29, 1.82) is 0 Å². The number of nitrogens with one attached hydrogen (secondary N) is 2. The van der Waals surface area contributed by atoms with Gasteiger partial charge in [-0.3, -0.25) is 14.4 Å². The maximum Gasteiger partial charge on any atom is 0.404 e. The molecular formula is C26H31ClN6O5S. The second-order valence-electron chi connectivity index (χ2n) is 8.92. The van der Waals surface area contributed by atoms with E-state index in [1.807, 2.05) is 35.8 Å². The summed E-state index contributed by atoms with van der Waals surface area (Å²) in [5, 5.41) is 24.0. The lowest BCUT2D eigenvalue weighted by atomic mass is 9.99. The molecule has 11 nitrogen and oxygen atoms in total. The first-order chi connectivity index (χ1) is 18.8. The van der Waals surface area contributed by atoms with Crippen LogP contribution >= 0.6 is 22.9 Å². The average molecular weight is 575 g/mol. The molecule has 0 spiro atoms. The molecular weight excluding hydrogens is 544 g/mol. The Bertz CT molecular complexity index is 1350. The van der Waals surface area contributed by atoms with Crippen LogP contribution in [0.25, 0.3) is 5.00 Å². The van der Waals surface area contributed by atoms with Gasteiger partial charge in [-0.05, 0) is 38.5 Å². The molecule has 2 amide bonds. The molecule has 39 heavy (non-hydrogen) atoms. The van der Waals surface area contributed by atoms with Crippen molar-refractivity contribution < 1.29 is 24.2 Å². The normalized spacial score (nSPS) is 14.3. The highest BCUT2D eigenvalue weighted by molar-refractivity contribution is 7.15. The summed E-state index contributed by atoms with van der Waals surface area (Å²) in [5.41, 5.74) is 3.86. The van der Waals surface area contributed by atoms with Gasteiger partial charge in [0.05, 0.1) is 38.6 Å². The Balaban J connectivity index is 1.43. The van der Waals surface area contributed by atoms with E-state index in [0.717, 1.165) is 33.2 Å². The van der Waals surface area contributed by atoms with Gasteiger partial charge in [-0.15, -0.1) is 21.5 Å². The number of hydrogen-bond donors (Lipinski definition) is 3. The van der Waals surface area contributed by atoms with E-state index in [1.54, 1.807) is 11.3 Å². The van der Waals surface area contributed by atoms with Crippen molar-refractivity contribution in [3.63, 3.8) is 0 Å². The molecule has 0 radical (unpaired) electrons. The van der Waals surface area contributed by atoms with Gasteiger partial charge in [0.25, 0.3) is 0 Å². The summed E-state index contributed by atoms with van der Waals surface area (Å²) in [7, 11) is 0.